The monoisotopic (exact) mass is 396 g/mol. The van der Waals surface area contributed by atoms with Crippen LogP contribution in [0.4, 0.5) is 5.69 Å². The number of nitrogens with zero attached hydrogens (tertiary/aromatic N) is 4. The van der Waals surface area contributed by atoms with Crippen LogP contribution < -0.4 is 13.8 Å². The first-order valence-electron chi connectivity index (χ1n) is 8.11. The van der Waals surface area contributed by atoms with Crippen molar-refractivity contribution in [1.29, 1.82) is 0 Å². The van der Waals surface area contributed by atoms with Crippen molar-refractivity contribution in [2.45, 2.75) is 33.2 Å². The number of amides is 1. The minimum atomic E-state index is -3.98. The lowest BCUT2D eigenvalue weighted by Crippen LogP contribution is -2.37. The Bertz CT molecular complexity index is 960. The second-order valence-electron chi connectivity index (χ2n) is 6.97. The van der Waals surface area contributed by atoms with Crippen molar-refractivity contribution < 1.29 is 22.7 Å². The summed E-state index contributed by atoms with van der Waals surface area (Å²) in [6, 6.07) is 4.40. The van der Waals surface area contributed by atoms with Crippen molar-refractivity contribution in [3.8, 4) is 11.8 Å². The maximum absolute atomic E-state index is 13.1. The molecular weight excluding hydrogens is 372 g/mol. The number of pyridine rings is 1. The standard InChI is InChI=1S/C17H24N4O5S/c1-11-10-12(19-21(11)17(2,3)4)16(22)20(27(7,23)24)13-8-9-14(25-5)18-15(13)26-6/h8-10H,1-7H3. The Hall–Kier alpha value is -2.62. The van der Waals surface area contributed by atoms with E-state index in [1.165, 1.54) is 26.4 Å². The molecule has 0 aliphatic carbocycles. The lowest BCUT2D eigenvalue weighted by atomic mass is 10.1. The first kappa shape index (κ1) is 20.7. The summed E-state index contributed by atoms with van der Waals surface area (Å²) in [7, 11) is -1.24. The molecule has 0 radical (unpaired) electrons. The van der Waals surface area contributed by atoms with E-state index in [4.69, 9.17) is 9.47 Å². The molecule has 0 aliphatic rings. The summed E-state index contributed by atoms with van der Waals surface area (Å²) in [6.45, 7) is 7.61. The van der Waals surface area contributed by atoms with Crippen LogP contribution in [0.2, 0.25) is 0 Å². The molecule has 0 fully saturated rings. The molecule has 0 unspecified atom stereocenters. The Labute approximate surface area is 159 Å². The van der Waals surface area contributed by atoms with Crippen LogP contribution >= 0.6 is 0 Å². The highest BCUT2D eigenvalue weighted by atomic mass is 32.2. The summed E-state index contributed by atoms with van der Waals surface area (Å²) >= 11 is 0. The average molecular weight is 396 g/mol. The molecule has 9 nitrogen and oxygen atoms in total. The summed E-state index contributed by atoms with van der Waals surface area (Å²) in [5, 5.41) is 4.31. The van der Waals surface area contributed by atoms with Gasteiger partial charge in [0, 0.05) is 11.8 Å². The first-order chi connectivity index (χ1) is 12.4. The maximum Gasteiger partial charge on any atom is 0.292 e. The van der Waals surface area contributed by atoms with E-state index in [0.717, 1.165) is 11.9 Å². The molecule has 0 aliphatic heterocycles. The van der Waals surface area contributed by atoms with Gasteiger partial charge in [0.1, 0.15) is 5.69 Å². The van der Waals surface area contributed by atoms with Gasteiger partial charge in [-0.2, -0.15) is 14.4 Å². The van der Waals surface area contributed by atoms with Crippen LogP contribution in [0.15, 0.2) is 18.2 Å². The van der Waals surface area contributed by atoms with Crippen molar-refractivity contribution in [3.05, 3.63) is 29.6 Å². The van der Waals surface area contributed by atoms with Gasteiger partial charge in [-0.25, -0.2) is 8.42 Å². The Balaban J connectivity index is 2.61. The van der Waals surface area contributed by atoms with Crippen LogP contribution in [-0.4, -0.2) is 49.6 Å². The molecule has 2 aromatic rings. The van der Waals surface area contributed by atoms with E-state index in [1.807, 2.05) is 20.8 Å². The van der Waals surface area contributed by atoms with E-state index < -0.39 is 15.9 Å². The molecule has 10 heteroatoms. The molecule has 2 heterocycles. The van der Waals surface area contributed by atoms with Crippen molar-refractivity contribution in [2.24, 2.45) is 0 Å². The van der Waals surface area contributed by atoms with Gasteiger partial charge in [-0.15, -0.1) is 0 Å². The second-order valence-corrected chi connectivity index (χ2v) is 8.80. The number of rotatable bonds is 5. The minimum Gasteiger partial charge on any atom is -0.481 e. The van der Waals surface area contributed by atoms with Gasteiger partial charge < -0.3 is 9.47 Å². The number of anilines is 1. The lowest BCUT2D eigenvalue weighted by Gasteiger charge is -2.22. The van der Waals surface area contributed by atoms with Crippen molar-refractivity contribution >= 4 is 21.6 Å². The highest BCUT2D eigenvalue weighted by Gasteiger charge is 2.32. The number of hydrogen-bond donors (Lipinski definition) is 0. The zero-order valence-corrected chi connectivity index (χ0v) is 17.3. The molecule has 0 saturated carbocycles. The van der Waals surface area contributed by atoms with Crippen LogP contribution in [0.1, 0.15) is 37.0 Å². The third-order valence-corrected chi connectivity index (χ3v) is 4.72. The highest BCUT2D eigenvalue weighted by Crippen LogP contribution is 2.31. The van der Waals surface area contributed by atoms with Crippen molar-refractivity contribution in [1.82, 2.24) is 14.8 Å². The first-order valence-corrected chi connectivity index (χ1v) is 9.95. The average Bonchev–Trinajstić information content (AvgIpc) is 2.96. The summed E-state index contributed by atoms with van der Waals surface area (Å²) < 4.78 is 37.3. The van der Waals surface area contributed by atoms with Crippen LogP contribution in [0.25, 0.3) is 0 Å². The van der Waals surface area contributed by atoms with Crippen LogP contribution in [-0.2, 0) is 15.6 Å². The zero-order chi connectivity index (χ0) is 20.6. The van der Waals surface area contributed by atoms with Crippen LogP contribution in [0.3, 0.4) is 0 Å². The van der Waals surface area contributed by atoms with Gasteiger partial charge in [0.25, 0.3) is 5.91 Å². The number of aromatic nitrogens is 3. The predicted molar refractivity (Wildman–Crippen MR) is 101 cm³/mol. The van der Waals surface area contributed by atoms with Crippen LogP contribution in [0, 0.1) is 6.92 Å². The van der Waals surface area contributed by atoms with Crippen molar-refractivity contribution in [2.75, 3.05) is 24.8 Å². The van der Waals surface area contributed by atoms with E-state index in [0.29, 0.717) is 4.31 Å². The summed E-state index contributed by atoms with van der Waals surface area (Å²) in [4.78, 5) is 17.1. The number of ether oxygens (including phenoxy) is 2. The fraction of sp³-hybridized carbons (Fsp3) is 0.471. The number of methoxy groups -OCH3 is 2. The van der Waals surface area contributed by atoms with E-state index in [2.05, 4.69) is 10.1 Å². The quantitative estimate of drug-likeness (QED) is 0.761. The topological polar surface area (TPSA) is 104 Å². The fourth-order valence-electron chi connectivity index (χ4n) is 2.64. The molecule has 0 spiro atoms. The van der Waals surface area contributed by atoms with Gasteiger partial charge in [0.15, 0.2) is 5.69 Å². The molecule has 148 valence electrons. The molecule has 2 aromatic heterocycles. The Kier molecular flexibility index (Phi) is 5.50. The molecular formula is C17H24N4O5S. The highest BCUT2D eigenvalue weighted by molar-refractivity contribution is 7.92. The number of carbonyl (C=O) groups excluding carboxylic acids is 1. The van der Waals surface area contributed by atoms with E-state index >= 15 is 0 Å². The molecule has 1 amide bonds. The Morgan fingerprint density at radius 1 is 1.19 bits per heavy atom. The van der Waals surface area contributed by atoms with Gasteiger partial charge in [-0.3, -0.25) is 9.48 Å². The normalized spacial score (nSPS) is 12.0. The largest absolute Gasteiger partial charge is 0.481 e. The lowest BCUT2D eigenvalue weighted by molar-refractivity contribution is 0.0998. The number of sulfonamides is 1. The molecule has 2 rings (SSSR count). The molecule has 0 saturated heterocycles. The molecule has 0 atom stereocenters. The third kappa shape index (κ3) is 4.21. The predicted octanol–water partition coefficient (Wildman–Crippen LogP) is 1.97. The van der Waals surface area contributed by atoms with Gasteiger partial charge in [-0.1, -0.05) is 0 Å². The van der Waals surface area contributed by atoms with Crippen molar-refractivity contribution in [3.63, 3.8) is 0 Å². The van der Waals surface area contributed by atoms with Gasteiger partial charge >= 0.3 is 0 Å². The molecule has 27 heavy (non-hydrogen) atoms. The molecule has 0 bridgehead atoms. The number of carbonyl (C=O) groups is 1. The van der Waals surface area contributed by atoms with Gasteiger partial charge in [-0.05, 0) is 39.8 Å². The molecule has 0 aromatic carbocycles. The van der Waals surface area contributed by atoms with Gasteiger partial charge in [0.2, 0.25) is 21.8 Å². The third-order valence-electron chi connectivity index (χ3n) is 3.69. The van der Waals surface area contributed by atoms with Crippen LogP contribution in [0.5, 0.6) is 11.8 Å². The van der Waals surface area contributed by atoms with E-state index in [9.17, 15) is 13.2 Å². The zero-order valence-electron chi connectivity index (χ0n) is 16.5. The summed E-state index contributed by atoms with van der Waals surface area (Å²) in [5.41, 5.74) is 0.358. The summed E-state index contributed by atoms with van der Waals surface area (Å²) in [6.07, 6.45) is 0.933. The maximum atomic E-state index is 13.1. The Morgan fingerprint density at radius 3 is 2.26 bits per heavy atom. The Morgan fingerprint density at radius 2 is 1.81 bits per heavy atom. The number of hydrogen-bond acceptors (Lipinski definition) is 7. The fourth-order valence-corrected chi connectivity index (χ4v) is 3.53. The summed E-state index contributed by atoms with van der Waals surface area (Å²) in [5.74, 6) is -0.627. The second kappa shape index (κ2) is 7.18. The van der Waals surface area contributed by atoms with E-state index in [-0.39, 0.29) is 28.7 Å². The SMILES string of the molecule is COc1ccc(N(C(=O)c2cc(C)n(C(C)(C)C)n2)S(C)(=O)=O)c(OC)n1. The van der Waals surface area contributed by atoms with E-state index in [1.54, 1.807) is 17.7 Å². The smallest absolute Gasteiger partial charge is 0.292 e. The molecule has 0 N–H and O–H groups in total. The minimum absolute atomic E-state index is 0.00530. The number of aryl methyl sites for hydroxylation is 1. The van der Waals surface area contributed by atoms with Gasteiger partial charge in [0.05, 0.1) is 26.0 Å².